The minimum atomic E-state index is -1.17. The Hall–Kier alpha value is -1.35. The summed E-state index contributed by atoms with van der Waals surface area (Å²) >= 11 is 0. The molecule has 0 fully saturated rings. The summed E-state index contributed by atoms with van der Waals surface area (Å²) in [5, 5.41) is 11.8. The molecule has 2 unspecified atom stereocenters. The molecule has 0 spiro atoms. The van der Waals surface area contributed by atoms with E-state index in [1.165, 1.54) is 7.11 Å². The van der Waals surface area contributed by atoms with Crippen LogP contribution in [0.5, 0.6) is 5.75 Å². The molecule has 1 aromatic rings. The molecule has 0 saturated heterocycles. The first-order valence-corrected chi connectivity index (χ1v) is 9.06. The molecule has 1 N–H and O–H groups in total. The zero-order chi connectivity index (χ0) is 18.0. The van der Waals surface area contributed by atoms with Crippen molar-refractivity contribution in [3.63, 3.8) is 0 Å². The highest BCUT2D eigenvalue weighted by atomic mass is 19.1. The Morgan fingerprint density at radius 3 is 2.58 bits per heavy atom. The summed E-state index contributed by atoms with van der Waals surface area (Å²) in [6.07, 6.45) is 8.58. The largest absolute Gasteiger partial charge is 0.494 e. The Morgan fingerprint density at radius 1 is 1.29 bits per heavy atom. The Labute approximate surface area is 145 Å². The van der Waals surface area contributed by atoms with E-state index in [1.807, 2.05) is 19.9 Å². The van der Waals surface area contributed by atoms with Gasteiger partial charge in [0, 0.05) is 11.0 Å². The first-order chi connectivity index (χ1) is 11.3. The number of fused-ring (bicyclic) bond motifs is 1. The molecule has 0 aromatic heterocycles. The van der Waals surface area contributed by atoms with Crippen LogP contribution in [0, 0.1) is 17.2 Å². The number of ether oxygens (including phenoxy) is 1. The van der Waals surface area contributed by atoms with Crippen molar-refractivity contribution in [1.82, 2.24) is 0 Å². The van der Waals surface area contributed by atoms with Crippen molar-refractivity contribution < 1.29 is 14.2 Å². The molecule has 2 nitrogen and oxygen atoms in total. The molecular formula is C21H31FO2. The van der Waals surface area contributed by atoms with E-state index in [9.17, 15) is 5.11 Å². The van der Waals surface area contributed by atoms with Crippen LogP contribution in [-0.4, -0.2) is 12.2 Å². The van der Waals surface area contributed by atoms with Gasteiger partial charge in [-0.25, -0.2) is 4.39 Å². The summed E-state index contributed by atoms with van der Waals surface area (Å²) in [6.45, 7) is 8.28. The van der Waals surface area contributed by atoms with Gasteiger partial charge in [0.2, 0.25) is 0 Å². The fraction of sp³-hybridized carbons (Fsp3) is 0.619. The molecule has 3 heteroatoms. The van der Waals surface area contributed by atoms with Crippen LogP contribution < -0.4 is 4.74 Å². The van der Waals surface area contributed by atoms with Crippen LogP contribution in [0.25, 0.3) is 0 Å². The predicted molar refractivity (Wildman–Crippen MR) is 96.8 cm³/mol. The molecule has 1 aliphatic carbocycles. The van der Waals surface area contributed by atoms with Gasteiger partial charge in [0.25, 0.3) is 0 Å². The van der Waals surface area contributed by atoms with E-state index < -0.39 is 16.8 Å². The van der Waals surface area contributed by atoms with Gasteiger partial charge in [-0.1, -0.05) is 52.3 Å². The Bertz CT molecular complexity index is 606. The van der Waals surface area contributed by atoms with Crippen LogP contribution in [0.15, 0.2) is 24.3 Å². The molecule has 0 heterocycles. The maximum atomic E-state index is 15.1. The molecule has 2 atom stereocenters. The molecule has 0 aliphatic heterocycles. The topological polar surface area (TPSA) is 29.5 Å². The molecule has 0 saturated carbocycles. The van der Waals surface area contributed by atoms with Gasteiger partial charge >= 0.3 is 0 Å². The second-order valence-corrected chi connectivity index (χ2v) is 7.51. The quantitative estimate of drug-likeness (QED) is 0.679. The van der Waals surface area contributed by atoms with Crippen molar-refractivity contribution in [3.05, 3.63) is 41.2 Å². The number of hydrogen-bond donors (Lipinski definition) is 1. The van der Waals surface area contributed by atoms with Crippen LogP contribution in [0.2, 0.25) is 0 Å². The van der Waals surface area contributed by atoms with E-state index in [1.54, 1.807) is 6.07 Å². The minimum Gasteiger partial charge on any atom is -0.494 e. The molecule has 2 rings (SSSR count). The van der Waals surface area contributed by atoms with Crippen molar-refractivity contribution in [2.45, 2.75) is 65.4 Å². The summed E-state index contributed by atoms with van der Waals surface area (Å²) in [4.78, 5) is 0. The van der Waals surface area contributed by atoms with E-state index in [-0.39, 0.29) is 11.7 Å². The van der Waals surface area contributed by atoms with E-state index >= 15 is 4.39 Å². The van der Waals surface area contributed by atoms with Crippen LogP contribution in [0.4, 0.5) is 4.39 Å². The molecule has 0 amide bonds. The second-order valence-electron chi connectivity index (χ2n) is 7.51. The van der Waals surface area contributed by atoms with Crippen molar-refractivity contribution in [3.8, 4) is 5.75 Å². The standard InChI is InChI=1S/C21H31FO2/c1-6-8-9-10-11-16(7-2)21(23)18-15(14-20(21,3)4)12-13-17(24-5)19(18)22/h8-9,12-13,16,23H,6-7,10-11,14H2,1-5H3/b9-8+. The smallest absolute Gasteiger partial charge is 0.171 e. The molecule has 1 aliphatic rings. The van der Waals surface area contributed by atoms with E-state index in [0.717, 1.165) is 31.2 Å². The van der Waals surface area contributed by atoms with Gasteiger partial charge in [0.1, 0.15) is 5.60 Å². The second kappa shape index (κ2) is 7.26. The Morgan fingerprint density at radius 2 is 2.00 bits per heavy atom. The number of benzene rings is 1. The highest BCUT2D eigenvalue weighted by Gasteiger charge is 2.56. The van der Waals surface area contributed by atoms with Crippen LogP contribution in [0.1, 0.15) is 64.5 Å². The van der Waals surface area contributed by atoms with Crippen molar-refractivity contribution in [2.24, 2.45) is 11.3 Å². The Balaban J connectivity index is 2.47. The molecule has 0 bridgehead atoms. The molecule has 134 valence electrons. The zero-order valence-electron chi connectivity index (χ0n) is 15.7. The lowest BCUT2D eigenvalue weighted by Crippen LogP contribution is -2.45. The van der Waals surface area contributed by atoms with E-state index in [4.69, 9.17) is 4.74 Å². The third-order valence-corrected chi connectivity index (χ3v) is 5.63. The van der Waals surface area contributed by atoms with Gasteiger partial charge in [-0.3, -0.25) is 0 Å². The summed E-state index contributed by atoms with van der Waals surface area (Å²) in [5.41, 5.74) is -0.213. The molecular weight excluding hydrogens is 303 g/mol. The maximum Gasteiger partial charge on any atom is 0.171 e. The van der Waals surface area contributed by atoms with Gasteiger partial charge in [-0.15, -0.1) is 0 Å². The molecule has 1 aromatic carbocycles. The number of methoxy groups -OCH3 is 1. The maximum absolute atomic E-state index is 15.1. The highest BCUT2D eigenvalue weighted by molar-refractivity contribution is 5.47. The van der Waals surface area contributed by atoms with Gasteiger partial charge in [-0.05, 0) is 43.2 Å². The first kappa shape index (κ1) is 19.0. The lowest BCUT2D eigenvalue weighted by Gasteiger charge is -2.43. The first-order valence-electron chi connectivity index (χ1n) is 9.06. The summed E-state index contributed by atoms with van der Waals surface area (Å²) in [6, 6.07) is 3.57. The zero-order valence-corrected chi connectivity index (χ0v) is 15.7. The lowest BCUT2D eigenvalue weighted by atomic mass is 9.66. The van der Waals surface area contributed by atoms with Crippen molar-refractivity contribution in [2.75, 3.05) is 7.11 Å². The van der Waals surface area contributed by atoms with Gasteiger partial charge < -0.3 is 9.84 Å². The summed E-state index contributed by atoms with van der Waals surface area (Å²) in [7, 11) is 1.47. The fourth-order valence-electron chi connectivity index (χ4n) is 4.31. The van der Waals surface area contributed by atoms with E-state index in [0.29, 0.717) is 12.0 Å². The third kappa shape index (κ3) is 2.99. The average Bonchev–Trinajstić information content (AvgIpc) is 2.75. The fourth-order valence-corrected chi connectivity index (χ4v) is 4.31. The SMILES string of the molecule is CC/C=C/CCC(CC)C1(O)c2c(ccc(OC)c2F)CC1(C)C. The number of halogens is 1. The minimum absolute atomic E-state index is 0.0110. The molecule has 0 radical (unpaired) electrons. The molecule has 24 heavy (non-hydrogen) atoms. The normalized spacial score (nSPS) is 23.5. The highest BCUT2D eigenvalue weighted by Crippen LogP contribution is 2.57. The van der Waals surface area contributed by atoms with Crippen LogP contribution >= 0.6 is 0 Å². The Kier molecular flexibility index (Phi) is 5.74. The van der Waals surface area contributed by atoms with Crippen molar-refractivity contribution in [1.29, 1.82) is 0 Å². The number of aliphatic hydroxyl groups is 1. The number of hydrogen-bond acceptors (Lipinski definition) is 2. The average molecular weight is 334 g/mol. The summed E-state index contributed by atoms with van der Waals surface area (Å²) in [5.74, 6) is -0.173. The van der Waals surface area contributed by atoms with Crippen LogP contribution in [-0.2, 0) is 12.0 Å². The summed E-state index contributed by atoms with van der Waals surface area (Å²) < 4.78 is 20.2. The monoisotopic (exact) mass is 334 g/mol. The van der Waals surface area contributed by atoms with E-state index in [2.05, 4.69) is 26.0 Å². The van der Waals surface area contributed by atoms with Crippen LogP contribution in [0.3, 0.4) is 0 Å². The predicted octanol–water partition coefficient (Wildman–Crippen LogP) is 5.38. The van der Waals surface area contributed by atoms with Gasteiger partial charge in [0.05, 0.1) is 7.11 Å². The van der Waals surface area contributed by atoms with Gasteiger partial charge in [0.15, 0.2) is 11.6 Å². The van der Waals surface area contributed by atoms with Crippen molar-refractivity contribution >= 4 is 0 Å². The van der Waals surface area contributed by atoms with Gasteiger partial charge in [-0.2, -0.15) is 0 Å². The lowest BCUT2D eigenvalue weighted by molar-refractivity contribution is -0.113. The number of allylic oxidation sites excluding steroid dienone is 2. The number of rotatable bonds is 7. The third-order valence-electron chi connectivity index (χ3n) is 5.63.